The zero-order chi connectivity index (χ0) is 10.8. The first-order valence-electron chi connectivity index (χ1n) is 5.08. The molecule has 0 aliphatic carbocycles. The lowest BCUT2D eigenvalue weighted by molar-refractivity contribution is -0.124. The molecule has 1 unspecified atom stereocenters. The number of Topliss-reactive ketones (excluding diaryl/α,β-unsaturated/α-hetero) is 1. The number of carbonyl (C=O) groups excluding carboxylic acids is 1. The van der Waals surface area contributed by atoms with E-state index < -0.39 is 0 Å². The molecule has 0 N–H and O–H groups in total. The number of ketones is 1. The van der Waals surface area contributed by atoms with E-state index in [2.05, 4.69) is 6.58 Å². The predicted molar refractivity (Wildman–Crippen MR) is 59.0 cm³/mol. The Bertz CT molecular complexity index is 382. The molecule has 1 aromatic rings. The van der Waals surface area contributed by atoms with E-state index in [0.29, 0.717) is 12.8 Å². The van der Waals surface area contributed by atoms with Crippen LogP contribution in [0.3, 0.4) is 0 Å². The molecule has 15 heavy (non-hydrogen) atoms. The van der Waals surface area contributed by atoms with Gasteiger partial charge in [-0.25, -0.2) is 0 Å². The summed E-state index contributed by atoms with van der Waals surface area (Å²) in [6, 6.07) is 7.80. The van der Waals surface area contributed by atoms with E-state index >= 15 is 0 Å². The van der Waals surface area contributed by atoms with Gasteiger partial charge in [0.25, 0.3) is 0 Å². The summed E-state index contributed by atoms with van der Waals surface area (Å²) in [6.07, 6.45) is 0.806. The van der Waals surface area contributed by atoms with Gasteiger partial charge < -0.3 is 4.74 Å². The maximum Gasteiger partial charge on any atom is 0.177 e. The Labute approximate surface area is 89.6 Å². The normalized spacial score (nSPS) is 18.1. The monoisotopic (exact) mass is 202 g/mol. The molecule has 0 amide bonds. The molecular formula is C13H14O2. The second-order valence-corrected chi connectivity index (χ2v) is 4.02. The zero-order valence-corrected chi connectivity index (χ0v) is 8.82. The van der Waals surface area contributed by atoms with Crippen molar-refractivity contribution in [1.82, 2.24) is 0 Å². The molecule has 0 bridgehead atoms. The van der Waals surface area contributed by atoms with Crippen LogP contribution in [-0.2, 0) is 11.2 Å². The van der Waals surface area contributed by atoms with Crippen molar-refractivity contribution in [3.05, 3.63) is 42.0 Å². The number of hydrogen-bond donors (Lipinski definition) is 0. The molecule has 0 aromatic heterocycles. The number of rotatable bonds is 3. The summed E-state index contributed by atoms with van der Waals surface area (Å²) in [5, 5.41) is 0. The zero-order valence-electron chi connectivity index (χ0n) is 8.82. The van der Waals surface area contributed by atoms with Gasteiger partial charge in [0.2, 0.25) is 0 Å². The highest BCUT2D eigenvalue weighted by Gasteiger charge is 2.27. The van der Waals surface area contributed by atoms with E-state index in [-0.39, 0.29) is 11.9 Å². The molecule has 2 rings (SSSR count). The van der Waals surface area contributed by atoms with Crippen molar-refractivity contribution in [2.24, 2.45) is 0 Å². The smallest absolute Gasteiger partial charge is 0.177 e. The summed E-state index contributed by atoms with van der Waals surface area (Å²) < 4.78 is 5.58. The van der Waals surface area contributed by atoms with Gasteiger partial charge in [0.15, 0.2) is 11.9 Å². The molecule has 1 aliphatic rings. The fourth-order valence-electron chi connectivity index (χ4n) is 1.77. The minimum absolute atomic E-state index is 0.124. The van der Waals surface area contributed by atoms with Gasteiger partial charge in [-0.3, -0.25) is 4.79 Å². The lowest BCUT2D eigenvalue weighted by Crippen LogP contribution is -2.25. The Kier molecular flexibility index (Phi) is 2.58. The Morgan fingerprint density at radius 3 is 2.93 bits per heavy atom. The van der Waals surface area contributed by atoms with E-state index in [0.717, 1.165) is 16.9 Å². The summed E-state index contributed by atoms with van der Waals surface area (Å²) in [5.41, 5.74) is 2.01. The van der Waals surface area contributed by atoms with Gasteiger partial charge in [0.05, 0.1) is 0 Å². The molecule has 1 atom stereocenters. The summed E-state index contributed by atoms with van der Waals surface area (Å²) in [5.74, 6) is 0.969. The molecule has 2 nitrogen and oxygen atoms in total. The summed E-state index contributed by atoms with van der Waals surface area (Å²) in [7, 11) is 0. The predicted octanol–water partition coefficient (Wildman–Crippen LogP) is 2.53. The topological polar surface area (TPSA) is 26.3 Å². The third kappa shape index (κ3) is 2.09. The average Bonchev–Trinajstić information content (AvgIpc) is 2.59. The first-order chi connectivity index (χ1) is 7.16. The first kappa shape index (κ1) is 9.97. The molecule has 0 spiro atoms. The van der Waals surface area contributed by atoms with Crippen LogP contribution < -0.4 is 4.74 Å². The van der Waals surface area contributed by atoms with Crippen LogP contribution in [0.2, 0.25) is 0 Å². The lowest BCUT2D eigenvalue weighted by atomic mass is 10.0. The van der Waals surface area contributed by atoms with Crippen LogP contribution in [0.4, 0.5) is 0 Å². The highest BCUT2D eigenvalue weighted by molar-refractivity contribution is 5.86. The summed E-state index contributed by atoms with van der Waals surface area (Å²) in [4.78, 5) is 11.7. The molecule has 0 saturated heterocycles. The number of benzene rings is 1. The third-order valence-corrected chi connectivity index (χ3v) is 2.48. The number of ether oxygens (including phenoxy) is 1. The lowest BCUT2D eigenvalue weighted by Gasteiger charge is -2.08. The van der Waals surface area contributed by atoms with Crippen molar-refractivity contribution in [1.29, 1.82) is 0 Å². The Balaban J connectivity index is 2.07. The third-order valence-electron chi connectivity index (χ3n) is 2.48. The van der Waals surface area contributed by atoms with Crippen molar-refractivity contribution in [2.45, 2.75) is 25.9 Å². The fourth-order valence-corrected chi connectivity index (χ4v) is 1.77. The largest absolute Gasteiger partial charge is 0.482 e. The van der Waals surface area contributed by atoms with Gasteiger partial charge in [-0.1, -0.05) is 30.4 Å². The molecule has 1 aromatic carbocycles. The minimum atomic E-state index is -0.306. The molecule has 0 saturated carbocycles. The van der Waals surface area contributed by atoms with E-state index in [1.54, 1.807) is 0 Å². The first-order valence-corrected chi connectivity index (χ1v) is 5.08. The number of carbonyl (C=O) groups is 1. The number of fused-ring (bicyclic) bond motifs is 1. The Morgan fingerprint density at radius 2 is 2.27 bits per heavy atom. The van der Waals surface area contributed by atoms with E-state index in [1.165, 1.54) is 0 Å². The molecule has 1 aliphatic heterocycles. The standard InChI is InChI=1S/C13H14O2/c1-9(2)7-11(14)13-8-10-5-3-4-6-12(10)15-13/h3-6,13H,1,7-8H2,2H3. The van der Waals surface area contributed by atoms with Crippen molar-refractivity contribution in [2.75, 3.05) is 0 Å². The second kappa shape index (κ2) is 3.89. The van der Waals surface area contributed by atoms with Gasteiger partial charge in [0.1, 0.15) is 5.75 Å². The average molecular weight is 202 g/mol. The SMILES string of the molecule is C=C(C)CC(=O)C1Cc2ccccc2O1. The van der Waals surface area contributed by atoms with Crippen molar-refractivity contribution < 1.29 is 9.53 Å². The molecule has 2 heteroatoms. The second-order valence-electron chi connectivity index (χ2n) is 4.02. The maximum atomic E-state index is 11.7. The van der Waals surface area contributed by atoms with Gasteiger partial charge >= 0.3 is 0 Å². The van der Waals surface area contributed by atoms with Crippen LogP contribution in [0.15, 0.2) is 36.4 Å². The van der Waals surface area contributed by atoms with Crippen LogP contribution in [0.25, 0.3) is 0 Å². The Hall–Kier alpha value is -1.57. The summed E-state index contributed by atoms with van der Waals surface area (Å²) in [6.45, 7) is 5.60. The molecule has 78 valence electrons. The molecule has 0 radical (unpaired) electrons. The van der Waals surface area contributed by atoms with Crippen LogP contribution >= 0.6 is 0 Å². The van der Waals surface area contributed by atoms with Crippen LogP contribution in [0.1, 0.15) is 18.9 Å². The molecule has 1 heterocycles. The van der Waals surface area contributed by atoms with Gasteiger partial charge in [-0.05, 0) is 18.6 Å². The number of allylic oxidation sites excluding steroid dienone is 1. The van der Waals surface area contributed by atoms with Crippen molar-refractivity contribution >= 4 is 5.78 Å². The Morgan fingerprint density at radius 1 is 1.53 bits per heavy atom. The van der Waals surface area contributed by atoms with Gasteiger partial charge in [0, 0.05) is 12.8 Å². The highest BCUT2D eigenvalue weighted by Crippen LogP contribution is 2.29. The van der Waals surface area contributed by atoms with E-state index in [4.69, 9.17) is 4.74 Å². The maximum absolute atomic E-state index is 11.7. The van der Waals surface area contributed by atoms with Crippen LogP contribution in [0.5, 0.6) is 5.75 Å². The van der Waals surface area contributed by atoms with Crippen molar-refractivity contribution in [3.63, 3.8) is 0 Å². The van der Waals surface area contributed by atoms with Gasteiger partial charge in [-0.2, -0.15) is 0 Å². The molecule has 0 fully saturated rings. The van der Waals surface area contributed by atoms with Crippen molar-refractivity contribution in [3.8, 4) is 5.75 Å². The fraction of sp³-hybridized carbons (Fsp3) is 0.308. The van der Waals surface area contributed by atoms with E-state index in [1.807, 2.05) is 31.2 Å². The summed E-state index contributed by atoms with van der Waals surface area (Å²) >= 11 is 0. The minimum Gasteiger partial charge on any atom is -0.482 e. The van der Waals surface area contributed by atoms with E-state index in [9.17, 15) is 4.79 Å². The van der Waals surface area contributed by atoms with Crippen LogP contribution in [0, 0.1) is 0 Å². The molecular weight excluding hydrogens is 188 g/mol. The quantitative estimate of drug-likeness (QED) is 0.704. The number of para-hydroxylation sites is 1. The number of hydrogen-bond acceptors (Lipinski definition) is 2. The highest BCUT2D eigenvalue weighted by atomic mass is 16.5. The van der Waals surface area contributed by atoms with Crippen LogP contribution in [-0.4, -0.2) is 11.9 Å². The van der Waals surface area contributed by atoms with Gasteiger partial charge in [-0.15, -0.1) is 0 Å².